The third-order valence-electron chi connectivity index (χ3n) is 11.1. The van der Waals surface area contributed by atoms with Crippen LogP contribution in [0.3, 0.4) is 0 Å². The molecular formula is C47H49N8O3+. The zero-order valence-electron chi connectivity index (χ0n) is 35.2. The van der Waals surface area contributed by atoms with E-state index in [2.05, 4.69) is 10.9 Å². The van der Waals surface area contributed by atoms with E-state index in [1.165, 1.54) is 0 Å². The summed E-state index contributed by atoms with van der Waals surface area (Å²) in [6.45, 7) is 8.37. The number of hydrogen-bond donors (Lipinski definition) is 3. The lowest BCUT2D eigenvalue weighted by molar-refractivity contribution is -0.463. The van der Waals surface area contributed by atoms with E-state index in [-0.39, 0.29) is 39.7 Å². The molecule has 0 spiro atoms. The van der Waals surface area contributed by atoms with Crippen molar-refractivity contribution in [1.29, 1.82) is 5.26 Å². The van der Waals surface area contributed by atoms with E-state index in [9.17, 15) is 20.6 Å². The molecule has 0 unspecified atom stereocenters. The quantitative estimate of drug-likeness (QED) is 0.0682. The topological polar surface area (TPSA) is 108 Å². The van der Waals surface area contributed by atoms with E-state index in [0.717, 1.165) is 67.0 Å². The van der Waals surface area contributed by atoms with Crippen molar-refractivity contribution >= 4 is 66.8 Å². The highest BCUT2D eigenvalue weighted by Crippen LogP contribution is 2.60. The SMILES string of the molecule is [C-]#[N+]/C(C#N)=C1C(c2c3cccc(N(C)C)c3c(N(C)C)c3c(N(C)C)ccc(O)c23)=C(O)C/1=C1\c2cccc(N(C)C)c2C(=[N+](C)C)c2c(N(C)C)ccc(O)c21. The van der Waals surface area contributed by atoms with Crippen LogP contribution in [0.5, 0.6) is 11.5 Å². The van der Waals surface area contributed by atoms with E-state index in [1.807, 2.05) is 162 Å². The molecule has 11 nitrogen and oxygen atoms in total. The number of phenols is 2. The summed E-state index contributed by atoms with van der Waals surface area (Å²) >= 11 is 0. The highest BCUT2D eigenvalue weighted by atomic mass is 16.3. The number of aromatic hydroxyl groups is 2. The maximum atomic E-state index is 12.9. The Kier molecular flexibility index (Phi) is 9.53. The summed E-state index contributed by atoms with van der Waals surface area (Å²) in [4.78, 5) is 13.9. The van der Waals surface area contributed by atoms with Crippen LogP contribution in [0.15, 0.2) is 83.3 Å². The summed E-state index contributed by atoms with van der Waals surface area (Å²) < 4.78 is 2.04. The molecule has 11 heteroatoms. The number of phenolic OH excluding ortho intramolecular Hbond substituents is 2. The number of nitrogens with zero attached hydrogens (tertiary/aromatic N) is 8. The number of nitriles is 1. The van der Waals surface area contributed by atoms with Crippen LogP contribution in [-0.4, -0.2) is 110 Å². The molecule has 0 aliphatic heterocycles. The molecule has 3 N–H and O–H groups in total. The van der Waals surface area contributed by atoms with Crippen LogP contribution in [0.2, 0.25) is 0 Å². The minimum Gasteiger partial charge on any atom is -0.507 e. The molecule has 5 aromatic carbocycles. The Labute approximate surface area is 340 Å². The smallest absolute Gasteiger partial charge is 0.270 e. The zero-order valence-corrected chi connectivity index (χ0v) is 35.2. The molecule has 0 saturated carbocycles. The van der Waals surface area contributed by atoms with Crippen LogP contribution in [0, 0.1) is 17.9 Å². The molecule has 5 aromatic rings. The minimum absolute atomic E-state index is 0.0135. The summed E-state index contributed by atoms with van der Waals surface area (Å²) in [6.07, 6.45) is 0. The van der Waals surface area contributed by atoms with Gasteiger partial charge in [0.15, 0.2) is 0 Å². The van der Waals surface area contributed by atoms with Crippen molar-refractivity contribution in [3.63, 3.8) is 0 Å². The van der Waals surface area contributed by atoms with Crippen molar-refractivity contribution in [3.8, 4) is 17.6 Å². The van der Waals surface area contributed by atoms with Crippen molar-refractivity contribution in [2.45, 2.75) is 0 Å². The first-order valence-corrected chi connectivity index (χ1v) is 18.9. The fraction of sp³-hybridized carbons (Fsp3) is 0.255. The predicted molar refractivity (Wildman–Crippen MR) is 239 cm³/mol. The Bertz CT molecular complexity index is 2820. The van der Waals surface area contributed by atoms with Gasteiger partial charge in [0.25, 0.3) is 5.70 Å². The van der Waals surface area contributed by atoms with Gasteiger partial charge in [-0.05, 0) is 47.3 Å². The molecular weight excluding hydrogens is 725 g/mol. The molecule has 0 fully saturated rings. The molecule has 0 aromatic heterocycles. The third-order valence-corrected chi connectivity index (χ3v) is 11.1. The summed E-state index contributed by atoms with van der Waals surface area (Å²) in [7, 11) is 23.6. The Balaban J connectivity index is 1.80. The van der Waals surface area contributed by atoms with Gasteiger partial charge in [0.05, 0.1) is 40.8 Å². The second-order valence-electron chi connectivity index (χ2n) is 16.0. The molecule has 0 amide bonds. The Morgan fingerprint density at radius 3 is 1.71 bits per heavy atom. The largest absolute Gasteiger partial charge is 0.507 e. The average Bonchev–Trinajstić information content (AvgIpc) is 3.16. The second kappa shape index (κ2) is 14.1. The number of aliphatic hydroxyl groups is 1. The van der Waals surface area contributed by atoms with E-state index in [0.29, 0.717) is 22.1 Å². The monoisotopic (exact) mass is 773 g/mol. The molecule has 0 atom stereocenters. The van der Waals surface area contributed by atoms with E-state index in [1.54, 1.807) is 12.1 Å². The fourth-order valence-electron chi connectivity index (χ4n) is 8.85. The van der Waals surface area contributed by atoms with Gasteiger partial charge < -0.3 is 39.8 Å². The van der Waals surface area contributed by atoms with Gasteiger partial charge in [0, 0.05) is 131 Å². The number of benzene rings is 5. The summed E-state index contributed by atoms with van der Waals surface area (Å²) in [5.41, 5.74) is 9.60. The highest BCUT2D eigenvalue weighted by molar-refractivity contribution is 6.30. The maximum Gasteiger partial charge on any atom is 0.270 e. The van der Waals surface area contributed by atoms with Gasteiger partial charge in [0.2, 0.25) is 5.71 Å². The third kappa shape index (κ3) is 5.49. The van der Waals surface area contributed by atoms with Crippen molar-refractivity contribution in [1.82, 2.24) is 0 Å². The van der Waals surface area contributed by atoms with Crippen molar-refractivity contribution < 1.29 is 19.9 Å². The van der Waals surface area contributed by atoms with Crippen molar-refractivity contribution in [3.05, 3.63) is 123 Å². The Hall–Kier alpha value is -7.11. The lowest BCUT2D eigenvalue weighted by atomic mass is 9.68. The van der Waals surface area contributed by atoms with E-state index in [4.69, 9.17) is 6.57 Å². The molecule has 0 radical (unpaired) electrons. The number of rotatable bonds is 6. The molecule has 2 aliphatic carbocycles. The van der Waals surface area contributed by atoms with Gasteiger partial charge >= 0.3 is 0 Å². The Morgan fingerprint density at radius 1 is 0.586 bits per heavy atom. The summed E-state index contributed by atoms with van der Waals surface area (Å²) in [5.74, 6) is -0.178. The van der Waals surface area contributed by atoms with Crippen LogP contribution in [0.1, 0.15) is 27.8 Å². The molecule has 294 valence electrons. The lowest BCUT2D eigenvalue weighted by Crippen LogP contribution is -2.30. The normalized spacial score (nSPS) is 15.3. The van der Waals surface area contributed by atoms with Gasteiger partial charge in [-0.25, -0.2) is 14.7 Å². The number of allylic oxidation sites excluding steroid dienone is 3. The van der Waals surface area contributed by atoms with Gasteiger partial charge in [0.1, 0.15) is 31.4 Å². The maximum absolute atomic E-state index is 12.9. The molecule has 58 heavy (non-hydrogen) atoms. The zero-order chi connectivity index (χ0) is 42.2. The van der Waals surface area contributed by atoms with Crippen LogP contribution >= 0.6 is 0 Å². The van der Waals surface area contributed by atoms with E-state index < -0.39 is 0 Å². The van der Waals surface area contributed by atoms with Crippen LogP contribution in [0.4, 0.5) is 28.4 Å². The van der Waals surface area contributed by atoms with Crippen LogP contribution in [-0.2, 0) is 0 Å². The minimum atomic E-state index is -0.224. The first-order valence-electron chi connectivity index (χ1n) is 18.9. The van der Waals surface area contributed by atoms with Crippen LogP contribution in [0.25, 0.3) is 37.5 Å². The number of anilines is 5. The van der Waals surface area contributed by atoms with Gasteiger partial charge in [-0.1, -0.05) is 24.3 Å². The van der Waals surface area contributed by atoms with Crippen LogP contribution < -0.4 is 24.5 Å². The lowest BCUT2D eigenvalue weighted by Gasteiger charge is -2.37. The van der Waals surface area contributed by atoms with Gasteiger partial charge in [-0.2, -0.15) is 0 Å². The standard InChI is InChI=1S/C47H48N8O3/c1-49-27(24-48)38-43(36-25-16-14-18-28(50(2)3)34(25)45(54(10)11)39-30(52(6)7)20-22-32(56)41(36)39)47(58)44(38)37-26-17-15-19-29(51(4)5)35(26)46(55(12)13)40-31(53(8)9)21-23-33(57)42(37)40/h14-23H,2-13H3,(H2-,56,57,58)/p+1. The second-order valence-corrected chi connectivity index (χ2v) is 16.0. The molecule has 0 heterocycles. The molecule has 0 bridgehead atoms. The van der Waals surface area contributed by atoms with Crippen molar-refractivity contribution in [2.75, 3.05) is 109 Å². The molecule has 7 rings (SSSR count). The number of hydrogen-bond acceptors (Lipinski definition) is 9. The van der Waals surface area contributed by atoms with Gasteiger partial charge in [-0.15, -0.1) is 0 Å². The summed E-state index contributed by atoms with van der Waals surface area (Å²) in [6, 6.07) is 21.1. The number of fused-ring (bicyclic) bond motifs is 4. The number of aliphatic hydroxyl groups excluding tert-OH is 1. The average molecular weight is 774 g/mol. The first-order chi connectivity index (χ1) is 27.5. The van der Waals surface area contributed by atoms with Crippen molar-refractivity contribution in [2.24, 2.45) is 0 Å². The Morgan fingerprint density at radius 2 is 1.14 bits per heavy atom. The van der Waals surface area contributed by atoms with Gasteiger partial charge in [-0.3, -0.25) is 0 Å². The predicted octanol–water partition coefficient (Wildman–Crippen LogP) is 7.64. The molecule has 0 saturated heterocycles. The first kappa shape index (κ1) is 39.1. The molecule has 2 aliphatic rings. The highest BCUT2D eigenvalue weighted by Gasteiger charge is 2.45. The fourth-order valence-corrected chi connectivity index (χ4v) is 8.85. The van der Waals surface area contributed by atoms with E-state index >= 15 is 0 Å². The summed E-state index contributed by atoms with van der Waals surface area (Å²) in [5, 5.41) is 50.5.